The fraction of sp³-hybridized carbons (Fsp3) is 0.294. The highest BCUT2D eigenvalue weighted by Gasteiger charge is 2.21. The van der Waals surface area contributed by atoms with Gasteiger partial charge in [0.1, 0.15) is 17.3 Å². The van der Waals surface area contributed by atoms with Crippen LogP contribution in [0.4, 0.5) is 4.39 Å². The quantitative estimate of drug-likeness (QED) is 0.934. The lowest BCUT2D eigenvalue weighted by Gasteiger charge is -2.27. The largest absolute Gasteiger partial charge is 0.497 e. The van der Waals surface area contributed by atoms with Crippen molar-refractivity contribution in [2.75, 3.05) is 13.7 Å². The highest BCUT2D eigenvalue weighted by Crippen LogP contribution is 2.34. The van der Waals surface area contributed by atoms with Gasteiger partial charge in [-0.25, -0.2) is 4.39 Å². The monoisotopic (exact) mass is 287 g/mol. The molecular weight excluding hydrogens is 269 g/mol. The van der Waals surface area contributed by atoms with Crippen molar-refractivity contribution in [3.63, 3.8) is 0 Å². The van der Waals surface area contributed by atoms with E-state index in [1.54, 1.807) is 19.2 Å². The van der Waals surface area contributed by atoms with E-state index in [-0.39, 0.29) is 11.9 Å². The molecule has 110 valence electrons. The van der Waals surface area contributed by atoms with Crippen molar-refractivity contribution in [3.05, 3.63) is 59.4 Å². The van der Waals surface area contributed by atoms with Gasteiger partial charge >= 0.3 is 0 Å². The van der Waals surface area contributed by atoms with Gasteiger partial charge in [-0.1, -0.05) is 12.1 Å². The normalized spacial score (nSPS) is 17.0. The predicted octanol–water partition coefficient (Wildman–Crippen LogP) is 3.45. The maximum atomic E-state index is 12.9. The van der Waals surface area contributed by atoms with E-state index in [4.69, 9.17) is 9.47 Å². The second-order valence-corrected chi connectivity index (χ2v) is 5.10. The minimum Gasteiger partial charge on any atom is -0.497 e. The number of methoxy groups -OCH3 is 1. The van der Waals surface area contributed by atoms with Crippen LogP contribution >= 0.6 is 0 Å². The lowest BCUT2D eigenvalue weighted by atomic mass is 10.00. The number of fused-ring (bicyclic) bond motifs is 1. The van der Waals surface area contributed by atoms with Crippen LogP contribution in [0, 0.1) is 5.82 Å². The second kappa shape index (κ2) is 6.14. The Bertz CT molecular complexity index is 613. The van der Waals surface area contributed by atoms with E-state index in [9.17, 15) is 4.39 Å². The Balaban J connectivity index is 1.73. The van der Waals surface area contributed by atoms with Crippen molar-refractivity contribution in [1.82, 2.24) is 5.32 Å². The molecule has 3 nitrogen and oxygen atoms in total. The standard InChI is InChI=1S/C17H18FNO2/c1-20-14-6-7-17-15(10-14)16(8-9-21-17)19-11-12-2-4-13(18)5-3-12/h2-7,10,16,19H,8-9,11H2,1H3. The van der Waals surface area contributed by atoms with Gasteiger partial charge in [-0.2, -0.15) is 0 Å². The Morgan fingerprint density at radius 3 is 2.81 bits per heavy atom. The first-order valence-corrected chi connectivity index (χ1v) is 7.05. The van der Waals surface area contributed by atoms with Crippen LogP contribution in [-0.4, -0.2) is 13.7 Å². The summed E-state index contributed by atoms with van der Waals surface area (Å²) in [5.41, 5.74) is 2.18. The number of hydrogen-bond donors (Lipinski definition) is 1. The molecule has 0 bridgehead atoms. The summed E-state index contributed by atoms with van der Waals surface area (Å²) in [6, 6.07) is 12.6. The van der Waals surface area contributed by atoms with Gasteiger partial charge in [0, 0.05) is 24.6 Å². The lowest BCUT2D eigenvalue weighted by Crippen LogP contribution is -2.26. The summed E-state index contributed by atoms with van der Waals surface area (Å²) in [5.74, 6) is 1.52. The zero-order valence-electron chi connectivity index (χ0n) is 11.9. The molecule has 0 radical (unpaired) electrons. The Labute approximate surface area is 123 Å². The lowest BCUT2D eigenvalue weighted by molar-refractivity contribution is 0.251. The topological polar surface area (TPSA) is 30.5 Å². The van der Waals surface area contributed by atoms with Gasteiger partial charge < -0.3 is 14.8 Å². The van der Waals surface area contributed by atoms with E-state index >= 15 is 0 Å². The number of ether oxygens (including phenoxy) is 2. The minimum absolute atomic E-state index is 0.208. The van der Waals surface area contributed by atoms with E-state index in [1.165, 1.54) is 12.1 Å². The summed E-state index contributed by atoms with van der Waals surface area (Å²) in [6.45, 7) is 1.39. The van der Waals surface area contributed by atoms with Crippen LogP contribution in [-0.2, 0) is 6.54 Å². The van der Waals surface area contributed by atoms with Crippen LogP contribution in [0.3, 0.4) is 0 Å². The molecule has 1 heterocycles. The third-order valence-electron chi connectivity index (χ3n) is 3.72. The first kappa shape index (κ1) is 13.9. The van der Waals surface area contributed by atoms with E-state index in [1.807, 2.05) is 18.2 Å². The fourth-order valence-electron chi connectivity index (χ4n) is 2.55. The van der Waals surface area contributed by atoms with E-state index < -0.39 is 0 Å². The van der Waals surface area contributed by atoms with E-state index in [0.717, 1.165) is 29.0 Å². The van der Waals surface area contributed by atoms with Gasteiger partial charge in [-0.3, -0.25) is 0 Å². The van der Waals surface area contributed by atoms with Gasteiger partial charge in [0.25, 0.3) is 0 Å². The Morgan fingerprint density at radius 2 is 2.05 bits per heavy atom. The summed E-state index contributed by atoms with van der Waals surface area (Å²) >= 11 is 0. The molecule has 2 aromatic rings. The van der Waals surface area contributed by atoms with Crippen molar-refractivity contribution < 1.29 is 13.9 Å². The zero-order valence-corrected chi connectivity index (χ0v) is 11.9. The van der Waals surface area contributed by atoms with Crippen molar-refractivity contribution in [1.29, 1.82) is 0 Å². The molecule has 1 aliphatic heterocycles. The highest BCUT2D eigenvalue weighted by atomic mass is 19.1. The van der Waals surface area contributed by atoms with Crippen LogP contribution in [0.2, 0.25) is 0 Å². The molecule has 0 saturated heterocycles. The molecular formula is C17H18FNO2. The Morgan fingerprint density at radius 1 is 1.24 bits per heavy atom. The Kier molecular flexibility index (Phi) is 4.06. The van der Waals surface area contributed by atoms with Crippen molar-refractivity contribution in [3.8, 4) is 11.5 Å². The van der Waals surface area contributed by atoms with Crippen molar-refractivity contribution in [2.45, 2.75) is 19.0 Å². The molecule has 1 atom stereocenters. The Hall–Kier alpha value is -2.07. The predicted molar refractivity (Wildman–Crippen MR) is 79.1 cm³/mol. The third kappa shape index (κ3) is 3.16. The van der Waals surface area contributed by atoms with Crippen LogP contribution in [0.15, 0.2) is 42.5 Å². The maximum absolute atomic E-state index is 12.9. The highest BCUT2D eigenvalue weighted by molar-refractivity contribution is 5.43. The average Bonchev–Trinajstić information content (AvgIpc) is 2.54. The molecule has 1 unspecified atom stereocenters. The smallest absolute Gasteiger partial charge is 0.124 e. The molecule has 3 rings (SSSR count). The van der Waals surface area contributed by atoms with Crippen LogP contribution in [0.1, 0.15) is 23.6 Å². The second-order valence-electron chi connectivity index (χ2n) is 5.10. The number of benzene rings is 2. The van der Waals surface area contributed by atoms with Gasteiger partial charge in [0.2, 0.25) is 0 Å². The minimum atomic E-state index is -0.208. The van der Waals surface area contributed by atoms with Crippen LogP contribution < -0.4 is 14.8 Å². The summed E-state index contributed by atoms with van der Waals surface area (Å²) < 4.78 is 23.9. The molecule has 0 spiro atoms. The molecule has 0 aromatic heterocycles. The first-order valence-electron chi connectivity index (χ1n) is 7.05. The number of halogens is 1. The molecule has 21 heavy (non-hydrogen) atoms. The van der Waals surface area contributed by atoms with E-state index in [0.29, 0.717) is 13.2 Å². The maximum Gasteiger partial charge on any atom is 0.124 e. The third-order valence-corrected chi connectivity index (χ3v) is 3.72. The fourth-order valence-corrected chi connectivity index (χ4v) is 2.55. The molecule has 0 fully saturated rings. The number of nitrogens with one attached hydrogen (secondary N) is 1. The van der Waals surface area contributed by atoms with Crippen molar-refractivity contribution in [2.24, 2.45) is 0 Å². The SMILES string of the molecule is COc1ccc2c(c1)C(NCc1ccc(F)cc1)CCO2. The van der Waals surface area contributed by atoms with E-state index in [2.05, 4.69) is 5.32 Å². The number of hydrogen-bond acceptors (Lipinski definition) is 3. The van der Waals surface area contributed by atoms with Gasteiger partial charge in [0.05, 0.1) is 13.7 Å². The van der Waals surface area contributed by atoms with Crippen LogP contribution in [0.5, 0.6) is 11.5 Å². The molecule has 4 heteroatoms. The van der Waals surface area contributed by atoms with Gasteiger partial charge in [-0.15, -0.1) is 0 Å². The molecule has 0 saturated carbocycles. The summed E-state index contributed by atoms with van der Waals surface area (Å²) in [4.78, 5) is 0. The van der Waals surface area contributed by atoms with Gasteiger partial charge in [0.15, 0.2) is 0 Å². The molecule has 1 aliphatic rings. The summed E-state index contributed by atoms with van der Waals surface area (Å²) in [7, 11) is 1.66. The summed E-state index contributed by atoms with van der Waals surface area (Å²) in [5, 5.41) is 3.51. The first-order chi connectivity index (χ1) is 10.3. The van der Waals surface area contributed by atoms with Gasteiger partial charge in [-0.05, 0) is 35.9 Å². The molecule has 2 aromatic carbocycles. The van der Waals surface area contributed by atoms with Crippen LogP contribution in [0.25, 0.3) is 0 Å². The van der Waals surface area contributed by atoms with Crippen molar-refractivity contribution >= 4 is 0 Å². The molecule has 1 N–H and O–H groups in total. The average molecular weight is 287 g/mol. The summed E-state index contributed by atoms with van der Waals surface area (Å²) in [6.07, 6.45) is 0.904. The molecule has 0 aliphatic carbocycles. The zero-order chi connectivity index (χ0) is 14.7. The molecule has 0 amide bonds. The number of rotatable bonds is 4.